The van der Waals surface area contributed by atoms with E-state index in [9.17, 15) is 4.79 Å². The smallest absolute Gasteiger partial charge is 0.227 e. The van der Waals surface area contributed by atoms with Crippen molar-refractivity contribution in [3.8, 4) is 0 Å². The van der Waals surface area contributed by atoms with E-state index in [4.69, 9.17) is 0 Å². The number of hydrogen-bond acceptors (Lipinski definition) is 2. The Bertz CT molecular complexity index is 455. The molecule has 22 heavy (non-hydrogen) atoms. The highest BCUT2D eigenvalue weighted by Crippen LogP contribution is 2.22. The summed E-state index contributed by atoms with van der Waals surface area (Å²) < 4.78 is 0. The van der Waals surface area contributed by atoms with Gasteiger partial charge in [-0.3, -0.25) is 4.79 Å². The number of amides is 1. The molecule has 0 saturated heterocycles. The number of hydrogen-bond donors (Lipinski definition) is 1. The number of unbranched alkanes of at least 4 members (excludes halogenated alkanes) is 1. The van der Waals surface area contributed by atoms with E-state index in [1.54, 1.807) is 0 Å². The van der Waals surface area contributed by atoms with Gasteiger partial charge in [0.25, 0.3) is 0 Å². The maximum atomic E-state index is 12.4. The van der Waals surface area contributed by atoms with Gasteiger partial charge in [0.1, 0.15) is 0 Å². The SMILES string of the molecule is CC(C)Cc1ccccc1[C@@H](C)C(=O)NCCCCN(C)C. The predicted octanol–water partition coefficient (Wildman–Crippen LogP) is 3.45. The third kappa shape index (κ3) is 6.61. The van der Waals surface area contributed by atoms with Crippen LogP contribution in [0.3, 0.4) is 0 Å². The zero-order valence-electron chi connectivity index (χ0n) is 14.9. The predicted molar refractivity (Wildman–Crippen MR) is 94.2 cm³/mol. The van der Waals surface area contributed by atoms with Gasteiger partial charge >= 0.3 is 0 Å². The van der Waals surface area contributed by atoms with E-state index in [1.165, 1.54) is 11.1 Å². The largest absolute Gasteiger partial charge is 0.356 e. The topological polar surface area (TPSA) is 32.3 Å². The molecular formula is C19H32N2O. The van der Waals surface area contributed by atoms with Crippen LogP contribution >= 0.6 is 0 Å². The van der Waals surface area contributed by atoms with E-state index in [0.29, 0.717) is 5.92 Å². The van der Waals surface area contributed by atoms with Crippen molar-refractivity contribution < 1.29 is 4.79 Å². The highest BCUT2D eigenvalue weighted by molar-refractivity contribution is 5.83. The summed E-state index contributed by atoms with van der Waals surface area (Å²) in [6.07, 6.45) is 3.17. The van der Waals surface area contributed by atoms with Crippen LogP contribution in [-0.2, 0) is 11.2 Å². The highest BCUT2D eigenvalue weighted by atomic mass is 16.1. The Balaban J connectivity index is 2.52. The van der Waals surface area contributed by atoms with E-state index >= 15 is 0 Å². The number of carbonyl (C=O) groups excluding carboxylic acids is 1. The Hall–Kier alpha value is -1.35. The summed E-state index contributed by atoms with van der Waals surface area (Å²) in [6, 6.07) is 8.33. The molecule has 0 heterocycles. The van der Waals surface area contributed by atoms with E-state index in [1.807, 2.05) is 13.0 Å². The molecule has 1 aromatic carbocycles. The minimum atomic E-state index is -0.0798. The van der Waals surface area contributed by atoms with Crippen molar-refractivity contribution in [1.29, 1.82) is 0 Å². The minimum absolute atomic E-state index is 0.0798. The molecule has 1 aromatic rings. The fourth-order valence-corrected chi connectivity index (χ4v) is 2.64. The van der Waals surface area contributed by atoms with Gasteiger partial charge in [-0.25, -0.2) is 0 Å². The number of nitrogens with one attached hydrogen (secondary N) is 1. The number of rotatable bonds is 9. The Kier molecular flexibility index (Phi) is 8.18. The third-order valence-electron chi connectivity index (χ3n) is 3.87. The van der Waals surface area contributed by atoms with Crippen LogP contribution in [0.1, 0.15) is 50.7 Å². The normalized spacial score (nSPS) is 12.7. The van der Waals surface area contributed by atoms with Crippen LogP contribution in [0.2, 0.25) is 0 Å². The second-order valence-corrected chi connectivity index (χ2v) is 6.82. The van der Waals surface area contributed by atoms with Crippen LogP contribution in [0.15, 0.2) is 24.3 Å². The molecule has 0 saturated carbocycles. The fraction of sp³-hybridized carbons (Fsp3) is 0.632. The first-order valence-electron chi connectivity index (χ1n) is 8.42. The molecule has 1 atom stereocenters. The average Bonchev–Trinajstić information content (AvgIpc) is 2.45. The zero-order valence-corrected chi connectivity index (χ0v) is 14.9. The second-order valence-electron chi connectivity index (χ2n) is 6.82. The van der Waals surface area contributed by atoms with Gasteiger partial charge in [-0.1, -0.05) is 38.1 Å². The summed E-state index contributed by atoms with van der Waals surface area (Å²) in [5, 5.41) is 3.08. The Labute approximate surface area is 136 Å². The van der Waals surface area contributed by atoms with Crippen molar-refractivity contribution in [3.05, 3.63) is 35.4 Å². The molecule has 0 aliphatic carbocycles. The molecule has 3 heteroatoms. The van der Waals surface area contributed by atoms with E-state index in [0.717, 1.165) is 32.4 Å². The first-order valence-corrected chi connectivity index (χ1v) is 8.42. The molecule has 0 spiro atoms. The summed E-state index contributed by atoms with van der Waals surface area (Å²) in [5.74, 6) is 0.660. The van der Waals surface area contributed by atoms with Crippen LogP contribution in [0, 0.1) is 5.92 Å². The summed E-state index contributed by atoms with van der Waals surface area (Å²) >= 11 is 0. The maximum absolute atomic E-state index is 12.4. The lowest BCUT2D eigenvalue weighted by atomic mass is 9.90. The van der Waals surface area contributed by atoms with Gasteiger partial charge < -0.3 is 10.2 Å². The number of nitrogens with zero attached hydrogens (tertiary/aromatic N) is 1. The highest BCUT2D eigenvalue weighted by Gasteiger charge is 2.18. The monoisotopic (exact) mass is 304 g/mol. The van der Waals surface area contributed by atoms with E-state index in [2.05, 4.69) is 56.4 Å². The molecule has 0 unspecified atom stereocenters. The molecule has 124 valence electrons. The van der Waals surface area contributed by atoms with E-state index < -0.39 is 0 Å². The standard InChI is InChI=1S/C19H32N2O/c1-15(2)14-17-10-6-7-11-18(17)16(3)19(22)20-12-8-9-13-21(4)5/h6-7,10-11,15-16H,8-9,12-14H2,1-5H3,(H,20,22)/t16-/m1/s1. The average molecular weight is 304 g/mol. The lowest BCUT2D eigenvalue weighted by molar-refractivity contribution is -0.122. The van der Waals surface area contributed by atoms with Gasteiger partial charge in [-0.05, 0) is 63.9 Å². The summed E-state index contributed by atoms with van der Waals surface area (Å²) in [5.41, 5.74) is 2.47. The van der Waals surface area contributed by atoms with Gasteiger partial charge in [0.05, 0.1) is 5.92 Å². The molecule has 1 amide bonds. The van der Waals surface area contributed by atoms with Gasteiger partial charge in [-0.15, -0.1) is 0 Å². The lowest BCUT2D eigenvalue weighted by Crippen LogP contribution is -2.29. The van der Waals surface area contributed by atoms with Crippen molar-refractivity contribution >= 4 is 5.91 Å². The van der Waals surface area contributed by atoms with Crippen molar-refractivity contribution in [2.45, 2.75) is 46.0 Å². The summed E-state index contributed by atoms with van der Waals surface area (Å²) in [4.78, 5) is 14.5. The van der Waals surface area contributed by atoms with Crippen molar-refractivity contribution in [2.75, 3.05) is 27.2 Å². The van der Waals surface area contributed by atoms with Crippen LogP contribution in [-0.4, -0.2) is 38.0 Å². The van der Waals surface area contributed by atoms with Gasteiger partial charge in [-0.2, -0.15) is 0 Å². The lowest BCUT2D eigenvalue weighted by Gasteiger charge is -2.18. The van der Waals surface area contributed by atoms with Crippen molar-refractivity contribution in [3.63, 3.8) is 0 Å². The first-order chi connectivity index (χ1) is 10.4. The van der Waals surface area contributed by atoms with Crippen LogP contribution in [0.25, 0.3) is 0 Å². The number of benzene rings is 1. The maximum Gasteiger partial charge on any atom is 0.227 e. The van der Waals surface area contributed by atoms with Crippen molar-refractivity contribution in [1.82, 2.24) is 10.2 Å². The molecule has 0 aliphatic heterocycles. The van der Waals surface area contributed by atoms with E-state index in [-0.39, 0.29) is 11.8 Å². The van der Waals surface area contributed by atoms with Gasteiger partial charge in [0.2, 0.25) is 5.91 Å². The molecule has 0 fully saturated rings. The van der Waals surface area contributed by atoms with Crippen LogP contribution < -0.4 is 5.32 Å². The quantitative estimate of drug-likeness (QED) is 0.709. The molecule has 0 bridgehead atoms. The molecule has 3 nitrogen and oxygen atoms in total. The van der Waals surface area contributed by atoms with Gasteiger partial charge in [0, 0.05) is 6.54 Å². The fourth-order valence-electron chi connectivity index (χ4n) is 2.64. The Morgan fingerprint density at radius 3 is 2.45 bits per heavy atom. The summed E-state index contributed by atoms with van der Waals surface area (Å²) in [7, 11) is 4.15. The van der Waals surface area contributed by atoms with Crippen LogP contribution in [0.4, 0.5) is 0 Å². The molecule has 1 N–H and O–H groups in total. The second kappa shape index (κ2) is 9.62. The molecule has 0 radical (unpaired) electrons. The molecule has 1 rings (SSSR count). The molecule has 0 aliphatic rings. The molecule has 0 aromatic heterocycles. The minimum Gasteiger partial charge on any atom is -0.356 e. The Morgan fingerprint density at radius 2 is 1.82 bits per heavy atom. The summed E-state index contributed by atoms with van der Waals surface area (Å²) in [6.45, 7) is 8.28. The number of carbonyl (C=O) groups is 1. The van der Waals surface area contributed by atoms with Gasteiger partial charge in [0.15, 0.2) is 0 Å². The van der Waals surface area contributed by atoms with Crippen molar-refractivity contribution in [2.24, 2.45) is 5.92 Å². The third-order valence-corrected chi connectivity index (χ3v) is 3.87. The van der Waals surface area contributed by atoms with Crippen LogP contribution in [0.5, 0.6) is 0 Å². The first kappa shape index (κ1) is 18.7. The molecular weight excluding hydrogens is 272 g/mol. The Morgan fingerprint density at radius 1 is 1.14 bits per heavy atom. The zero-order chi connectivity index (χ0) is 16.5.